The molecule has 1 aliphatic heterocycles. The highest BCUT2D eigenvalue weighted by molar-refractivity contribution is 5.48. The summed E-state index contributed by atoms with van der Waals surface area (Å²) in [6.07, 6.45) is 0. The van der Waals surface area contributed by atoms with Gasteiger partial charge < -0.3 is 14.8 Å². The number of para-hydroxylation sites is 1. The van der Waals surface area contributed by atoms with E-state index in [1.807, 2.05) is 12.1 Å². The Bertz CT molecular complexity index is 338. The quantitative estimate of drug-likeness (QED) is 0.823. The Kier molecular flexibility index (Phi) is 3.11. The molecule has 1 N–H and O–H groups in total. The average Bonchev–Trinajstić information content (AvgIpc) is 2.28. The van der Waals surface area contributed by atoms with E-state index >= 15 is 0 Å². The summed E-state index contributed by atoms with van der Waals surface area (Å²) in [5, 5.41) is 3.38. The van der Waals surface area contributed by atoms with Crippen LogP contribution in [-0.2, 0) is 0 Å². The highest BCUT2D eigenvalue weighted by Gasteiger charge is 2.18. The summed E-state index contributed by atoms with van der Waals surface area (Å²) >= 11 is 0. The van der Waals surface area contributed by atoms with Gasteiger partial charge in [0.15, 0.2) is 11.5 Å². The van der Waals surface area contributed by atoms with Crippen molar-refractivity contribution >= 4 is 0 Å². The zero-order chi connectivity index (χ0) is 10.7. The predicted molar refractivity (Wildman–Crippen MR) is 59.5 cm³/mol. The molecule has 1 unspecified atom stereocenters. The number of ether oxygens (including phenoxy) is 2. The third kappa shape index (κ3) is 2.07. The van der Waals surface area contributed by atoms with E-state index in [4.69, 9.17) is 9.47 Å². The van der Waals surface area contributed by atoms with E-state index < -0.39 is 0 Å². The van der Waals surface area contributed by atoms with Crippen molar-refractivity contribution < 1.29 is 9.47 Å². The van der Waals surface area contributed by atoms with Crippen molar-refractivity contribution in [3.05, 3.63) is 23.8 Å². The minimum absolute atomic E-state index is 0.298. The van der Waals surface area contributed by atoms with Gasteiger partial charge in [-0.2, -0.15) is 0 Å². The van der Waals surface area contributed by atoms with E-state index in [1.54, 1.807) is 0 Å². The third-order valence-corrected chi connectivity index (χ3v) is 2.57. The van der Waals surface area contributed by atoms with Crippen LogP contribution in [-0.4, -0.2) is 19.8 Å². The first-order valence-electron chi connectivity index (χ1n) is 5.44. The van der Waals surface area contributed by atoms with Crippen molar-refractivity contribution in [2.75, 3.05) is 19.8 Å². The smallest absolute Gasteiger partial charge is 0.166 e. The number of benzene rings is 1. The van der Waals surface area contributed by atoms with Crippen LogP contribution in [0.1, 0.15) is 25.5 Å². The lowest BCUT2D eigenvalue weighted by molar-refractivity contribution is 0.169. The van der Waals surface area contributed by atoms with E-state index in [9.17, 15) is 0 Å². The molecule has 1 aromatic rings. The zero-order valence-corrected chi connectivity index (χ0v) is 9.25. The fourth-order valence-electron chi connectivity index (χ4n) is 1.85. The lowest BCUT2D eigenvalue weighted by atomic mass is 10.1. The Labute approximate surface area is 90.4 Å². The molecule has 0 aliphatic carbocycles. The summed E-state index contributed by atoms with van der Waals surface area (Å²) in [5.74, 6) is 1.76. The van der Waals surface area contributed by atoms with Gasteiger partial charge in [-0.05, 0) is 19.5 Å². The van der Waals surface area contributed by atoms with Crippen LogP contribution in [0.5, 0.6) is 11.5 Å². The summed E-state index contributed by atoms with van der Waals surface area (Å²) in [6.45, 7) is 6.47. The third-order valence-electron chi connectivity index (χ3n) is 2.57. The first-order chi connectivity index (χ1) is 7.33. The van der Waals surface area contributed by atoms with Crippen molar-refractivity contribution in [1.29, 1.82) is 0 Å². The molecule has 1 aromatic carbocycles. The lowest BCUT2D eigenvalue weighted by Crippen LogP contribution is -2.21. The second-order valence-electron chi connectivity index (χ2n) is 3.65. The van der Waals surface area contributed by atoms with Gasteiger partial charge in [-0.1, -0.05) is 19.1 Å². The van der Waals surface area contributed by atoms with E-state index in [2.05, 4.69) is 25.2 Å². The van der Waals surface area contributed by atoms with Gasteiger partial charge in [-0.15, -0.1) is 0 Å². The Morgan fingerprint density at radius 2 is 2.13 bits per heavy atom. The Balaban J connectivity index is 2.30. The van der Waals surface area contributed by atoms with Gasteiger partial charge in [-0.3, -0.25) is 0 Å². The fraction of sp³-hybridized carbons (Fsp3) is 0.500. The monoisotopic (exact) mass is 207 g/mol. The van der Waals surface area contributed by atoms with E-state index in [1.165, 1.54) is 5.56 Å². The summed E-state index contributed by atoms with van der Waals surface area (Å²) in [7, 11) is 0. The van der Waals surface area contributed by atoms with Crippen LogP contribution in [0, 0.1) is 0 Å². The Morgan fingerprint density at radius 3 is 2.93 bits per heavy atom. The molecule has 0 saturated heterocycles. The summed E-state index contributed by atoms with van der Waals surface area (Å²) in [4.78, 5) is 0. The van der Waals surface area contributed by atoms with Crippen LogP contribution in [0.4, 0.5) is 0 Å². The molecule has 0 bridgehead atoms. The van der Waals surface area contributed by atoms with Crippen LogP contribution < -0.4 is 14.8 Å². The molecule has 1 atom stereocenters. The van der Waals surface area contributed by atoms with Crippen molar-refractivity contribution in [3.8, 4) is 11.5 Å². The van der Waals surface area contributed by atoms with Gasteiger partial charge in [0, 0.05) is 11.6 Å². The molecule has 3 nitrogen and oxygen atoms in total. The Morgan fingerprint density at radius 1 is 1.33 bits per heavy atom. The number of hydrogen-bond acceptors (Lipinski definition) is 3. The molecule has 1 aliphatic rings. The minimum Gasteiger partial charge on any atom is -0.486 e. The van der Waals surface area contributed by atoms with Crippen LogP contribution >= 0.6 is 0 Å². The summed E-state index contributed by atoms with van der Waals surface area (Å²) in [5.41, 5.74) is 1.18. The molecule has 1 heterocycles. The highest BCUT2D eigenvalue weighted by Crippen LogP contribution is 2.36. The fourth-order valence-corrected chi connectivity index (χ4v) is 1.85. The van der Waals surface area contributed by atoms with Crippen molar-refractivity contribution in [3.63, 3.8) is 0 Å². The standard InChI is InChI=1S/C12H17NO2/c1-3-13-9(2)10-5-4-6-11-12(10)15-8-7-14-11/h4-6,9,13H,3,7-8H2,1-2H3. The molecule has 0 amide bonds. The maximum absolute atomic E-state index is 5.66. The predicted octanol–water partition coefficient (Wildman–Crippen LogP) is 2.13. The van der Waals surface area contributed by atoms with Gasteiger partial charge in [0.2, 0.25) is 0 Å². The number of hydrogen-bond donors (Lipinski definition) is 1. The SMILES string of the molecule is CCNC(C)c1cccc2c1OCCO2. The topological polar surface area (TPSA) is 30.5 Å². The maximum Gasteiger partial charge on any atom is 0.166 e. The molecule has 0 aromatic heterocycles. The molecule has 15 heavy (non-hydrogen) atoms. The first-order valence-corrected chi connectivity index (χ1v) is 5.44. The van der Waals surface area contributed by atoms with Gasteiger partial charge >= 0.3 is 0 Å². The number of rotatable bonds is 3. The second kappa shape index (κ2) is 4.53. The molecule has 0 fully saturated rings. The van der Waals surface area contributed by atoms with Crippen molar-refractivity contribution in [2.24, 2.45) is 0 Å². The van der Waals surface area contributed by atoms with Crippen molar-refractivity contribution in [2.45, 2.75) is 19.9 Å². The summed E-state index contributed by atoms with van der Waals surface area (Å²) in [6, 6.07) is 6.35. The van der Waals surface area contributed by atoms with E-state index in [-0.39, 0.29) is 0 Å². The zero-order valence-electron chi connectivity index (χ0n) is 9.25. The molecular formula is C12H17NO2. The molecule has 82 valence electrons. The van der Waals surface area contributed by atoms with Crippen LogP contribution in [0.25, 0.3) is 0 Å². The molecular weight excluding hydrogens is 190 g/mol. The van der Waals surface area contributed by atoms with Gasteiger partial charge in [0.05, 0.1) is 0 Å². The van der Waals surface area contributed by atoms with Gasteiger partial charge in [0.25, 0.3) is 0 Å². The molecule has 0 saturated carbocycles. The van der Waals surface area contributed by atoms with E-state index in [0.29, 0.717) is 19.3 Å². The van der Waals surface area contributed by atoms with Crippen LogP contribution in [0.3, 0.4) is 0 Å². The highest BCUT2D eigenvalue weighted by atomic mass is 16.6. The van der Waals surface area contributed by atoms with Gasteiger partial charge in [0.1, 0.15) is 13.2 Å². The molecule has 0 radical (unpaired) electrons. The number of nitrogens with one attached hydrogen (secondary N) is 1. The van der Waals surface area contributed by atoms with Gasteiger partial charge in [-0.25, -0.2) is 0 Å². The maximum atomic E-state index is 5.66. The average molecular weight is 207 g/mol. The normalized spacial score (nSPS) is 16.1. The first kappa shape index (κ1) is 10.3. The second-order valence-corrected chi connectivity index (χ2v) is 3.65. The lowest BCUT2D eigenvalue weighted by Gasteiger charge is -2.23. The molecule has 2 rings (SSSR count). The van der Waals surface area contributed by atoms with E-state index in [0.717, 1.165) is 18.0 Å². The largest absolute Gasteiger partial charge is 0.486 e. The molecule has 0 spiro atoms. The van der Waals surface area contributed by atoms with Crippen molar-refractivity contribution in [1.82, 2.24) is 5.32 Å². The molecule has 3 heteroatoms. The Hall–Kier alpha value is -1.22. The minimum atomic E-state index is 0.298. The summed E-state index contributed by atoms with van der Waals surface area (Å²) < 4.78 is 11.2. The van der Waals surface area contributed by atoms with Crippen LogP contribution in [0.15, 0.2) is 18.2 Å². The van der Waals surface area contributed by atoms with Crippen LogP contribution in [0.2, 0.25) is 0 Å². The number of fused-ring (bicyclic) bond motifs is 1.